The van der Waals surface area contributed by atoms with Crippen molar-refractivity contribution in [1.29, 1.82) is 5.26 Å². The van der Waals surface area contributed by atoms with Crippen LogP contribution < -0.4 is 10.6 Å². The fraction of sp³-hybridized carbons (Fsp3) is 0.727. The first-order valence-electron chi connectivity index (χ1n) is 5.77. The molecule has 2 N–H and O–H groups in total. The van der Waals surface area contributed by atoms with E-state index >= 15 is 0 Å². The lowest BCUT2D eigenvalue weighted by molar-refractivity contribution is -0.130. The third kappa shape index (κ3) is 5.31. The molecule has 0 bridgehead atoms. The molecule has 0 spiro atoms. The van der Waals surface area contributed by atoms with E-state index in [4.69, 9.17) is 10.00 Å². The van der Waals surface area contributed by atoms with Gasteiger partial charge in [-0.05, 0) is 19.3 Å². The fourth-order valence-corrected chi connectivity index (χ4v) is 1.56. The van der Waals surface area contributed by atoms with Crippen LogP contribution >= 0.6 is 0 Å². The largest absolute Gasteiger partial charge is 0.368 e. The summed E-state index contributed by atoms with van der Waals surface area (Å²) in [5.74, 6) is -0.358. The maximum absolute atomic E-state index is 11.5. The SMILES string of the molecule is N#CCC(=O)NCCCNC(=O)C1CCCO1. The highest BCUT2D eigenvalue weighted by atomic mass is 16.5. The predicted molar refractivity (Wildman–Crippen MR) is 59.8 cm³/mol. The van der Waals surface area contributed by atoms with E-state index in [0.717, 1.165) is 12.8 Å². The minimum absolute atomic E-state index is 0.0779. The number of nitrogens with one attached hydrogen (secondary N) is 2. The molecule has 6 heteroatoms. The molecule has 0 radical (unpaired) electrons. The second-order valence-corrected chi connectivity index (χ2v) is 3.83. The molecule has 0 aliphatic carbocycles. The van der Waals surface area contributed by atoms with Crippen molar-refractivity contribution in [2.24, 2.45) is 0 Å². The lowest BCUT2D eigenvalue weighted by Crippen LogP contribution is -2.36. The highest BCUT2D eigenvalue weighted by Gasteiger charge is 2.22. The zero-order valence-electron chi connectivity index (χ0n) is 9.70. The molecule has 1 saturated heterocycles. The van der Waals surface area contributed by atoms with E-state index in [0.29, 0.717) is 26.1 Å². The molecule has 0 aromatic carbocycles. The van der Waals surface area contributed by atoms with Crippen LogP contribution in [0.25, 0.3) is 0 Å². The van der Waals surface area contributed by atoms with Crippen LogP contribution in [0.2, 0.25) is 0 Å². The average Bonchev–Trinajstić information content (AvgIpc) is 2.82. The van der Waals surface area contributed by atoms with Crippen molar-refractivity contribution in [2.45, 2.75) is 31.8 Å². The number of ether oxygens (including phenoxy) is 1. The fourth-order valence-electron chi connectivity index (χ4n) is 1.56. The van der Waals surface area contributed by atoms with Crippen molar-refractivity contribution in [2.75, 3.05) is 19.7 Å². The molecule has 17 heavy (non-hydrogen) atoms. The van der Waals surface area contributed by atoms with Crippen LogP contribution in [0.5, 0.6) is 0 Å². The smallest absolute Gasteiger partial charge is 0.249 e. The Morgan fingerprint density at radius 1 is 1.35 bits per heavy atom. The molecule has 6 nitrogen and oxygen atoms in total. The van der Waals surface area contributed by atoms with Crippen LogP contribution in [-0.2, 0) is 14.3 Å². The monoisotopic (exact) mass is 239 g/mol. The highest BCUT2D eigenvalue weighted by Crippen LogP contribution is 2.11. The van der Waals surface area contributed by atoms with Gasteiger partial charge in [0.15, 0.2) is 0 Å². The lowest BCUT2D eigenvalue weighted by Gasteiger charge is -2.10. The first kappa shape index (κ1) is 13.5. The van der Waals surface area contributed by atoms with Gasteiger partial charge in [0.05, 0.1) is 6.07 Å². The van der Waals surface area contributed by atoms with Crippen molar-refractivity contribution in [3.05, 3.63) is 0 Å². The normalized spacial score (nSPS) is 18.4. The summed E-state index contributed by atoms with van der Waals surface area (Å²) in [6, 6.07) is 1.77. The summed E-state index contributed by atoms with van der Waals surface area (Å²) >= 11 is 0. The number of amides is 2. The molecule has 1 aliphatic heterocycles. The number of hydrogen-bond acceptors (Lipinski definition) is 4. The van der Waals surface area contributed by atoms with Crippen LogP contribution in [0.15, 0.2) is 0 Å². The zero-order valence-corrected chi connectivity index (χ0v) is 9.70. The maximum atomic E-state index is 11.5. The molecule has 1 aliphatic rings. The Morgan fingerprint density at radius 2 is 2.12 bits per heavy atom. The van der Waals surface area contributed by atoms with E-state index in [1.807, 2.05) is 0 Å². The van der Waals surface area contributed by atoms with Gasteiger partial charge in [0, 0.05) is 19.7 Å². The molecule has 0 saturated carbocycles. The molecule has 1 heterocycles. The molecule has 1 atom stereocenters. The summed E-state index contributed by atoms with van der Waals surface area (Å²) in [5, 5.41) is 13.6. The zero-order chi connectivity index (χ0) is 12.5. The van der Waals surface area contributed by atoms with Gasteiger partial charge in [0.2, 0.25) is 11.8 Å². The van der Waals surface area contributed by atoms with Gasteiger partial charge in [-0.25, -0.2) is 0 Å². The summed E-state index contributed by atoms with van der Waals surface area (Å²) < 4.78 is 5.22. The Hall–Kier alpha value is -1.61. The summed E-state index contributed by atoms with van der Waals surface area (Å²) in [6.07, 6.45) is 1.94. The third-order valence-corrected chi connectivity index (χ3v) is 2.44. The highest BCUT2D eigenvalue weighted by molar-refractivity contribution is 5.81. The second kappa shape index (κ2) is 7.63. The number of rotatable bonds is 6. The predicted octanol–water partition coefficient (Wildman–Crippen LogP) is -0.298. The first-order valence-corrected chi connectivity index (χ1v) is 5.77. The average molecular weight is 239 g/mol. The van der Waals surface area contributed by atoms with Gasteiger partial charge in [-0.1, -0.05) is 0 Å². The van der Waals surface area contributed by atoms with Gasteiger partial charge < -0.3 is 15.4 Å². The number of hydrogen-bond donors (Lipinski definition) is 2. The van der Waals surface area contributed by atoms with Crippen LogP contribution in [0.1, 0.15) is 25.7 Å². The van der Waals surface area contributed by atoms with E-state index < -0.39 is 0 Å². The molecule has 1 rings (SSSR count). The summed E-state index contributed by atoms with van der Waals surface area (Å²) in [5.41, 5.74) is 0. The van der Waals surface area contributed by atoms with E-state index in [9.17, 15) is 9.59 Å². The maximum Gasteiger partial charge on any atom is 0.249 e. The Kier molecular flexibility index (Phi) is 6.04. The topological polar surface area (TPSA) is 91.2 Å². The van der Waals surface area contributed by atoms with Gasteiger partial charge in [-0.2, -0.15) is 5.26 Å². The van der Waals surface area contributed by atoms with E-state index in [1.165, 1.54) is 0 Å². The van der Waals surface area contributed by atoms with E-state index in [-0.39, 0.29) is 24.3 Å². The summed E-state index contributed by atoms with van der Waals surface area (Å²) in [7, 11) is 0. The molecule has 94 valence electrons. The Balaban J connectivity index is 1.98. The van der Waals surface area contributed by atoms with Crippen molar-refractivity contribution in [1.82, 2.24) is 10.6 Å². The Labute approximate surface area is 100 Å². The second-order valence-electron chi connectivity index (χ2n) is 3.83. The van der Waals surface area contributed by atoms with Crippen LogP contribution in [0.4, 0.5) is 0 Å². The third-order valence-electron chi connectivity index (χ3n) is 2.44. The van der Waals surface area contributed by atoms with E-state index in [2.05, 4.69) is 10.6 Å². The van der Waals surface area contributed by atoms with Crippen molar-refractivity contribution < 1.29 is 14.3 Å². The van der Waals surface area contributed by atoms with Gasteiger partial charge in [-0.15, -0.1) is 0 Å². The summed E-state index contributed by atoms with van der Waals surface area (Å²) in [6.45, 7) is 1.63. The number of nitriles is 1. The molecule has 0 aromatic rings. The van der Waals surface area contributed by atoms with Gasteiger partial charge in [0.25, 0.3) is 0 Å². The van der Waals surface area contributed by atoms with Crippen LogP contribution in [-0.4, -0.2) is 37.6 Å². The van der Waals surface area contributed by atoms with Crippen LogP contribution in [0.3, 0.4) is 0 Å². The molecular formula is C11H17N3O3. The lowest BCUT2D eigenvalue weighted by atomic mass is 10.2. The van der Waals surface area contributed by atoms with Crippen molar-refractivity contribution >= 4 is 11.8 Å². The van der Waals surface area contributed by atoms with Crippen molar-refractivity contribution in [3.63, 3.8) is 0 Å². The molecule has 0 aromatic heterocycles. The van der Waals surface area contributed by atoms with Gasteiger partial charge in [-0.3, -0.25) is 9.59 Å². The molecule has 2 amide bonds. The minimum atomic E-state index is -0.303. The van der Waals surface area contributed by atoms with Crippen LogP contribution in [0, 0.1) is 11.3 Å². The molecule has 1 fully saturated rings. The summed E-state index contributed by atoms with van der Waals surface area (Å²) in [4.78, 5) is 22.4. The minimum Gasteiger partial charge on any atom is -0.368 e. The number of carbonyl (C=O) groups excluding carboxylic acids is 2. The molecular weight excluding hydrogens is 222 g/mol. The van der Waals surface area contributed by atoms with Gasteiger partial charge in [0.1, 0.15) is 12.5 Å². The number of nitrogens with zero attached hydrogens (tertiary/aromatic N) is 1. The standard InChI is InChI=1S/C11H17N3O3/c12-5-4-10(15)13-6-2-7-14-11(16)9-3-1-8-17-9/h9H,1-4,6-8H2,(H,13,15)(H,14,16). The quantitative estimate of drug-likeness (QED) is 0.623. The Bertz CT molecular complexity index is 306. The first-order chi connectivity index (χ1) is 8.24. The van der Waals surface area contributed by atoms with Crippen molar-refractivity contribution in [3.8, 4) is 6.07 Å². The number of carbonyl (C=O) groups is 2. The van der Waals surface area contributed by atoms with E-state index in [1.54, 1.807) is 6.07 Å². The Morgan fingerprint density at radius 3 is 2.76 bits per heavy atom. The van der Waals surface area contributed by atoms with Gasteiger partial charge >= 0.3 is 0 Å². The molecule has 1 unspecified atom stereocenters.